The Morgan fingerprint density at radius 1 is 0.906 bits per heavy atom. The van der Waals surface area contributed by atoms with Gasteiger partial charge in [-0.05, 0) is 100 Å². The second-order valence-electron chi connectivity index (χ2n) is 10.8. The van der Waals surface area contributed by atoms with E-state index in [0.29, 0.717) is 22.7 Å². The smallest absolute Gasteiger partial charge is 0.344 e. The summed E-state index contributed by atoms with van der Waals surface area (Å²) in [7, 11) is 0.336. The van der Waals surface area contributed by atoms with E-state index in [1.165, 1.54) is 73.2 Å². The maximum Gasteiger partial charge on any atom is 0.344 e. The summed E-state index contributed by atoms with van der Waals surface area (Å²) in [6.45, 7) is 2.20. The first kappa shape index (κ1) is 20.9. The lowest BCUT2D eigenvalue weighted by atomic mass is 9.50. The molecule has 1 aliphatic heterocycles. The molecule has 0 radical (unpaired) electrons. The molecule has 4 heteroatoms. The molecule has 2 aromatic rings. The second kappa shape index (κ2) is 8.27. The molecule has 1 heterocycles. The molecule has 3 nitrogen and oxygen atoms in total. The second-order valence-corrected chi connectivity index (χ2v) is 13.1. The highest BCUT2D eigenvalue weighted by atomic mass is 32.2. The SMILES string of the molecule is CC1(OC(=O)COc2ccc([S+]3CCCCC3)c3ccccc23)C2CC3CC(C2)CC1C3. The van der Waals surface area contributed by atoms with Gasteiger partial charge in [0.1, 0.15) is 22.9 Å². The number of ether oxygens (including phenoxy) is 2. The molecule has 0 unspecified atom stereocenters. The highest BCUT2D eigenvalue weighted by Crippen LogP contribution is 2.59. The van der Waals surface area contributed by atoms with Crippen molar-refractivity contribution in [2.45, 2.75) is 68.8 Å². The van der Waals surface area contributed by atoms with Gasteiger partial charge in [-0.3, -0.25) is 0 Å². The third kappa shape index (κ3) is 3.63. The molecule has 170 valence electrons. The van der Waals surface area contributed by atoms with Crippen molar-refractivity contribution in [3.8, 4) is 5.75 Å². The van der Waals surface area contributed by atoms with Crippen LogP contribution in [0, 0.1) is 23.7 Å². The van der Waals surface area contributed by atoms with Gasteiger partial charge in [-0.15, -0.1) is 0 Å². The zero-order valence-electron chi connectivity index (χ0n) is 19.2. The molecule has 4 bridgehead atoms. The predicted molar refractivity (Wildman–Crippen MR) is 130 cm³/mol. The Bertz CT molecular complexity index is 981. The van der Waals surface area contributed by atoms with Crippen molar-refractivity contribution in [2.75, 3.05) is 18.1 Å². The van der Waals surface area contributed by atoms with Gasteiger partial charge >= 0.3 is 5.97 Å². The number of esters is 1. The molecule has 0 atom stereocenters. The average Bonchev–Trinajstić information content (AvgIpc) is 2.81. The number of hydrogen-bond acceptors (Lipinski definition) is 3. The summed E-state index contributed by atoms with van der Waals surface area (Å²) in [5.41, 5.74) is -0.290. The molecule has 2 aromatic carbocycles. The van der Waals surface area contributed by atoms with Crippen LogP contribution in [0.2, 0.25) is 0 Å². The first-order valence-corrected chi connectivity index (χ1v) is 14.2. The quantitative estimate of drug-likeness (QED) is 0.405. The summed E-state index contributed by atoms with van der Waals surface area (Å²) in [5, 5.41) is 2.41. The van der Waals surface area contributed by atoms with Gasteiger partial charge in [0, 0.05) is 21.7 Å². The summed E-state index contributed by atoms with van der Waals surface area (Å²) in [6.07, 6.45) is 10.4. The summed E-state index contributed by atoms with van der Waals surface area (Å²) in [4.78, 5) is 14.4. The Morgan fingerprint density at radius 3 is 2.25 bits per heavy atom. The first-order chi connectivity index (χ1) is 15.6. The van der Waals surface area contributed by atoms with Crippen molar-refractivity contribution < 1.29 is 14.3 Å². The fourth-order valence-corrected chi connectivity index (χ4v) is 9.87. The van der Waals surface area contributed by atoms with Gasteiger partial charge in [0.15, 0.2) is 11.5 Å². The number of fused-ring (bicyclic) bond motifs is 1. The predicted octanol–water partition coefficient (Wildman–Crippen LogP) is 6.14. The van der Waals surface area contributed by atoms with E-state index in [4.69, 9.17) is 9.47 Å². The van der Waals surface area contributed by atoms with Crippen LogP contribution in [0.4, 0.5) is 0 Å². The van der Waals surface area contributed by atoms with Crippen LogP contribution < -0.4 is 4.74 Å². The van der Waals surface area contributed by atoms with Crippen LogP contribution in [0.1, 0.15) is 58.3 Å². The van der Waals surface area contributed by atoms with Gasteiger partial charge in [-0.25, -0.2) is 4.79 Å². The van der Waals surface area contributed by atoms with Crippen molar-refractivity contribution in [3.63, 3.8) is 0 Å². The molecule has 0 N–H and O–H groups in total. The van der Waals surface area contributed by atoms with E-state index in [-0.39, 0.29) is 18.2 Å². The van der Waals surface area contributed by atoms with Gasteiger partial charge in [-0.1, -0.05) is 18.2 Å². The van der Waals surface area contributed by atoms with Crippen LogP contribution >= 0.6 is 0 Å². The zero-order chi connectivity index (χ0) is 21.7. The molecule has 0 amide bonds. The Kier molecular flexibility index (Phi) is 5.40. The maximum absolute atomic E-state index is 12.9. The van der Waals surface area contributed by atoms with E-state index in [1.54, 1.807) is 0 Å². The minimum atomic E-state index is -0.290. The number of carbonyl (C=O) groups is 1. The van der Waals surface area contributed by atoms with Crippen LogP contribution in [0.3, 0.4) is 0 Å². The molecule has 7 rings (SSSR count). The number of rotatable bonds is 5. The zero-order valence-corrected chi connectivity index (χ0v) is 20.0. The van der Waals surface area contributed by atoms with E-state index in [2.05, 4.69) is 43.3 Å². The summed E-state index contributed by atoms with van der Waals surface area (Å²) < 4.78 is 12.3. The van der Waals surface area contributed by atoms with Crippen LogP contribution in [0.15, 0.2) is 41.3 Å². The third-order valence-corrected chi connectivity index (χ3v) is 11.4. The van der Waals surface area contributed by atoms with Crippen LogP contribution in [0.5, 0.6) is 5.75 Å². The molecule has 5 aliphatic rings. The van der Waals surface area contributed by atoms with E-state index in [0.717, 1.165) is 23.0 Å². The molecule has 4 saturated carbocycles. The standard InChI is InChI=1S/C28H35O3S/c1-28(21-14-19-13-20(16-21)17-22(28)15-19)31-27(29)18-30-25-9-10-26(32-11-5-2-6-12-32)24-8-4-3-7-23(24)25/h3-4,7-10,19-22H,2,5-6,11-18H2,1H3/q+1. The molecule has 5 fully saturated rings. The number of hydrogen-bond donors (Lipinski definition) is 0. The van der Waals surface area contributed by atoms with Crippen molar-refractivity contribution in [1.29, 1.82) is 0 Å². The summed E-state index contributed by atoms with van der Waals surface area (Å²) >= 11 is 0. The molecular formula is C28H35O3S+. The fourth-order valence-electron chi connectivity index (χ4n) is 7.37. The topological polar surface area (TPSA) is 35.5 Å². The van der Waals surface area contributed by atoms with E-state index < -0.39 is 0 Å². The van der Waals surface area contributed by atoms with Crippen LogP contribution in [-0.2, 0) is 20.4 Å². The molecular weight excluding hydrogens is 416 g/mol. The van der Waals surface area contributed by atoms with Crippen molar-refractivity contribution >= 4 is 27.6 Å². The Hall–Kier alpha value is -1.68. The Balaban J connectivity index is 1.17. The highest BCUT2D eigenvalue weighted by Gasteiger charge is 2.57. The first-order valence-electron chi connectivity index (χ1n) is 12.6. The van der Waals surface area contributed by atoms with E-state index in [1.807, 2.05) is 0 Å². The fraction of sp³-hybridized carbons (Fsp3) is 0.607. The monoisotopic (exact) mass is 451 g/mol. The van der Waals surface area contributed by atoms with E-state index >= 15 is 0 Å². The lowest BCUT2D eigenvalue weighted by molar-refractivity contribution is -0.204. The average molecular weight is 452 g/mol. The van der Waals surface area contributed by atoms with Gasteiger partial charge in [-0.2, -0.15) is 0 Å². The molecule has 0 aromatic heterocycles. The lowest BCUT2D eigenvalue weighted by Crippen LogP contribution is -2.58. The van der Waals surface area contributed by atoms with Crippen LogP contribution in [0.25, 0.3) is 10.8 Å². The van der Waals surface area contributed by atoms with Gasteiger partial charge in [0.2, 0.25) is 0 Å². The third-order valence-electron chi connectivity index (χ3n) is 8.88. The number of benzene rings is 2. The summed E-state index contributed by atoms with van der Waals surface area (Å²) in [5.74, 6) is 6.03. The Morgan fingerprint density at radius 2 is 1.56 bits per heavy atom. The maximum atomic E-state index is 12.9. The molecule has 4 aliphatic carbocycles. The molecule has 32 heavy (non-hydrogen) atoms. The van der Waals surface area contributed by atoms with Crippen molar-refractivity contribution in [3.05, 3.63) is 36.4 Å². The van der Waals surface area contributed by atoms with Gasteiger partial charge in [0.25, 0.3) is 0 Å². The number of carbonyl (C=O) groups excluding carboxylic acids is 1. The largest absolute Gasteiger partial charge is 0.481 e. The normalized spacial score (nSPS) is 34.0. The lowest BCUT2D eigenvalue weighted by Gasteiger charge is -2.59. The van der Waals surface area contributed by atoms with Gasteiger partial charge in [0.05, 0.1) is 0 Å². The van der Waals surface area contributed by atoms with Crippen LogP contribution in [-0.4, -0.2) is 29.7 Å². The molecule has 1 saturated heterocycles. The minimum absolute atomic E-state index is 0.00303. The van der Waals surface area contributed by atoms with E-state index in [9.17, 15) is 4.79 Å². The highest BCUT2D eigenvalue weighted by molar-refractivity contribution is 7.97. The van der Waals surface area contributed by atoms with Crippen molar-refractivity contribution in [1.82, 2.24) is 0 Å². The minimum Gasteiger partial charge on any atom is -0.481 e. The molecule has 0 spiro atoms. The van der Waals surface area contributed by atoms with Gasteiger partial charge < -0.3 is 9.47 Å². The Labute approximate surface area is 194 Å². The van der Waals surface area contributed by atoms with Crippen molar-refractivity contribution in [2.24, 2.45) is 23.7 Å². The summed E-state index contributed by atoms with van der Waals surface area (Å²) in [6, 6.07) is 12.9.